The standard InChI is InChI=1S/C12H13BrN2O4/c13-8-3-1-2-7(6-8)12(19)15-9(11(14)18)4-5-10(16)17/h1-3,6,9H,4-5H2,(H2,14,18)(H,15,19)(H,16,17)/t9-/m0/s1. The number of carboxylic acids is 1. The van der Waals surface area contributed by atoms with E-state index in [1.54, 1.807) is 24.3 Å². The molecule has 6 nitrogen and oxygen atoms in total. The number of benzene rings is 1. The Morgan fingerprint density at radius 1 is 1.37 bits per heavy atom. The fourth-order valence-electron chi connectivity index (χ4n) is 1.42. The number of carbonyl (C=O) groups excluding carboxylic acids is 2. The highest BCUT2D eigenvalue weighted by molar-refractivity contribution is 9.10. The second-order valence-electron chi connectivity index (χ2n) is 3.87. The zero-order chi connectivity index (χ0) is 14.4. The van der Waals surface area contributed by atoms with E-state index < -0.39 is 23.8 Å². The van der Waals surface area contributed by atoms with Crippen LogP contribution in [-0.2, 0) is 9.59 Å². The Bertz CT molecular complexity index is 504. The Kier molecular flexibility index (Phi) is 5.50. The van der Waals surface area contributed by atoms with Crippen LogP contribution in [0.25, 0.3) is 0 Å². The molecule has 19 heavy (non-hydrogen) atoms. The van der Waals surface area contributed by atoms with E-state index in [1.807, 2.05) is 0 Å². The highest BCUT2D eigenvalue weighted by Gasteiger charge is 2.19. The number of rotatable bonds is 6. The topological polar surface area (TPSA) is 109 Å². The molecule has 0 aliphatic rings. The third kappa shape index (κ3) is 5.09. The van der Waals surface area contributed by atoms with Gasteiger partial charge in [0.1, 0.15) is 6.04 Å². The van der Waals surface area contributed by atoms with Gasteiger partial charge in [-0.1, -0.05) is 22.0 Å². The predicted octanol–water partition coefficient (Wildman–Crippen LogP) is 0.898. The molecule has 102 valence electrons. The molecule has 4 N–H and O–H groups in total. The van der Waals surface area contributed by atoms with Gasteiger partial charge in [0, 0.05) is 16.5 Å². The average Bonchev–Trinajstić information content (AvgIpc) is 2.33. The van der Waals surface area contributed by atoms with E-state index in [1.165, 1.54) is 0 Å². The van der Waals surface area contributed by atoms with Gasteiger partial charge in [0.2, 0.25) is 5.91 Å². The van der Waals surface area contributed by atoms with E-state index in [2.05, 4.69) is 21.2 Å². The van der Waals surface area contributed by atoms with Crippen LogP contribution in [0.3, 0.4) is 0 Å². The van der Waals surface area contributed by atoms with Crippen molar-refractivity contribution in [2.24, 2.45) is 5.73 Å². The molecule has 0 saturated carbocycles. The van der Waals surface area contributed by atoms with Crippen LogP contribution in [0.4, 0.5) is 0 Å². The summed E-state index contributed by atoms with van der Waals surface area (Å²) >= 11 is 3.23. The predicted molar refractivity (Wildman–Crippen MR) is 71.5 cm³/mol. The maximum atomic E-state index is 11.9. The van der Waals surface area contributed by atoms with Crippen molar-refractivity contribution >= 4 is 33.7 Å². The largest absolute Gasteiger partial charge is 0.481 e. The molecule has 0 radical (unpaired) electrons. The Balaban J connectivity index is 2.71. The number of primary amides is 1. The van der Waals surface area contributed by atoms with Crippen molar-refractivity contribution in [2.75, 3.05) is 0 Å². The van der Waals surface area contributed by atoms with Crippen LogP contribution >= 0.6 is 15.9 Å². The van der Waals surface area contributed by atoms with E-state index in [0.29, 0.717) is 5.56 Å². The van der Waals surface area contributed by atoms with Crippen molar-refractivity contribution in [2.45, 2.75) is 18.9 Å². The Labute approximate surface area is 118 Å². The summed E-state index contributed by atoms with van der Waals surface area (Å²) in [6.45, 7) is 0. The molecule has 1 aromatic carbocycles. The summed E-state index contributed by atoms with van der Waals surface area (Å²) in [4.78, 5) is 33.5. The average molecular weight is 329 g/mol. The number of aliphatic carboxylic acids is 1. The fourth-order valence-corrected chi connectivity index (χ4v) is 1.82. The zero-order valence-corrected chi connectivity index (χ0v) is 11.5. The summed E-state index contributed by atoms with van der Waals surface area (Å²) in [5.74, 6) is -2.29. The van der Waals surface area contributed by atoms with Gasteiger partial charge in [0.15, 0.2) is 0 Å². The van der Waals surface area contributed by atoms with E-state index in [-0.39, 0.29) is 12.8 Å². The van der Waals surface area contributed by atoms with Crippen molar-refractivity contribution in [1.29, 1.82) is 0 Å². The van der Waals surface area contributed by atoms with Crippen LogP contribution in [0.5, 0.6) is 0 Å². The molecular weight excluding hydrogens is 316 g/mol. The molecule has 0 saturated heterocycles. The van der Waals surface area contributed by atoms with Crippen molar-refractivity contribution in [3.8, 4) is 0 Å². The van der Waals surface area contributed by atoms with Gasteiger partial charge < -0.3 is 16.2 Å². The molecular formula is C12H13BrN2O4. The van der Waals surface area contributed by atoms with E-state index in [0.717, 1.165) is 4.47 Å². The minimum Gasteiger partial charge on any atom is -0.481 e. The van der Waals surface area contributed by atoms with Gasteiger partial charge in [0.05, 0.1) is 0 Å². The number of halogens is 1. The molecule has 0 aliphatic heterocycles. The van der Waals surface area contributed by atoms with E-state index >= 15 is 0 Å². The summed E-state index contributed by atoms with van der Waals surface area (Å²) < 4.78 is 0.723. The van der Waals surface area contributed by atoms with Crippen molar-refractivity contribution in [3.05, 3.63) is 34.3 Å². The highest BCUT2D eigenvalue weighted by Crippen LogP contribution is 2.12. The van der Waals surface area contributed by atoms with Crippen LogP contribution < -0.4 is 11.1 Å². The monoisotopic (exact) mass is 328 g/mol. The Morgan fingerprint density at radius 2 is 2.05 bits per heavy atom. The smallest absolute Gasteiger partial charge is 0.303 e. The number of carboxylic acid groups (broad SMARTS) is 1. The molecule has 0 aliphatic carbocycles. The lowest BCUT2D eigenvalue weighted by atomic mass is 10.1. The SMILES string of the molecule is NC(=O)[C@H](CCC(=O)O)NC(=O)c1cccc(Br)c1. The lowest BCUT2D eigenvalue weighted by molar-refractivity contribution is -0.137. The molecule has 0 unspecified atom stereocenters. The quantitative estimate of drug-likeness (QED) is 0.720. The number of hydrogen-bond acceptors (Lipinski definition) is 3. The number of amides is 2. The molecule has 0 spiro atoms. The Hall–Kier alpha value is -1.89. The lowest BCUT2D eigenvalue weighted by Crippen LogP contribution is -2.44. The first-order valence-electron chi connectivity index (χ1n) is 5.47. The molecule has 1 rings (SSSR count). The van der Waals surface area contributed by atoms with E-state index in [4.69, 9.17) is 10.8 Å². The van der Waals surface area contributed by atoms with Crippen molar-refractivity contribution < 1.29 is 19.5 Å². The summed E-state index contributed by atoms with van der Waals surface area (Å²) in [6.07, 6.45) is -0.281. The van der Waals surface area contributed by atoms with Crippen molar-refractivity contribution in [1.82, 2.24) is 5.32 Å². The molecule has 0 bridgehead atoms. The first kappa shape index (κ1) is 15.2. The second kappa shape index (κ2) is 6.89. The van der Waals surface area contributed by atoms with Crippen LogP contribution in [0.15, 0.2) is 28.7 Å². The van der Waals surface area contributed by atoms with Gasteiger partial charge in [-0.3, -0.25) is 14.4 Å². The van der Waals surface area contributed by atoms with Crippen LogP contribution in [0.1, 0.15) is 23.2 Å². The summed E-state index contributed by atoms with van der Waals surface area (Å²) in [5, 5.41) is 11.0. The number of hydrogen-bond donors (Lipinski definition) is 3. The summed E-state index contributed by atoms with van der Waals surface area (Å²) in [7, 11) is 0. The van der Waals surface area contributed by atoms with Gasteiger partial charge in [-0.2, -0.15) is 0 Å². The molecule has 0 aromatic heterocycles. The first-order chi connectivity index (χ1) is 8.90. The number of nitrogens with two attached hydrogens (primary N) is 1. The Morgan fingerprint density at radius 3 is 2.58 bits per heavy atom. The maximum Gasteiger partial charge on any atom is 0.303 e. The minimum absolute atomic E-state index is 0.0373. The first-order valence-corrected chi connectivity index (χ1v) is 6.27. The number of carbonyl (C=O) groups is 3. The van der Waals surface area contributed by atoms with Crippen LogP contribution in [0, 0.1) is 0 Å². The second-order valence-corrected chi connectivity index (χ2v) is 4.79. The molecule has 2 amide bonds. The molecule has 0 fully saturated rings. The normalized spacial score (nSPS) is 11.6. The van der Waals surface area contributed by atoms with Gasteiger partial charge >= 0.3 is 5.97 Å². The lowest BCUT2D eigenvalue weighted by Gasteiger charge is -2.14. The van der Waals surface area contributed by atoms with E-state index in [9.17, 15) is 14.4 Å². The van der Waals surface area contributed by atoms with Crippen molar-refractivity contribution in [3.63, 3.8) is 0 Å². The van der Waals surface area contributed by atoms with Gasteiger partial charge in [0.25, 0.3) is 5.91 Å². The van der Waals surface area contributed by atoms with Gasteiger partial charge in [-0.05, 0) is 24.6 Å². The molecule has 1 aromatic rings. The molecule has 0 heterocycles. The van der Waals surface area contributed by atoms with Gasteiger partial charge in [-0.25, -0.2) is 0 Å². The maximum absolute atomic E-state index is 11.9. The molecule has 7 heteroatoms. The van der Waals surface area contributed by atoms with Crippen LogP contribution in [-0.4, -0.2) is 28.9 Å². The third-order valence-electron chi connectivity index (χ3n) is 2.38. The minimum atomic E-state index is -1.05. The third-order valence-corrected chi connectivity index (χ3v) is 2.88. The zero-order valence-electron chi connectivity index (χ0n) is 9.93. The highest BCUT2D eigenvalue weighted by atomic mass is 79.9. The fraction of sp³-hybridized carbons (Fsp3) is 0.250. The number of nitrogens with one attached hydrogen (secondary N) is 1. The summed E-state index contributed by atoms with van der Waals surface area (Å²) in [6, 6.07) is 5.60. The van der Waals surface area contributed by atoms with Crippen LogP contribution in [0.2, 0.25) is 0 Å². The van der Waals surface area contributed by atoms with Gasteiger partial charge in [-0.15, -0.1) is 0 Å². The molecule has 1 atom stereocenters. The summed E-state index contributed by atoms with van der Waals surface area (Å²) in [5.41, 5.74) is 5.48.